The number of aliphatic carboxylic acids is 1. The lowest BCUT2D eigenvalue weighted by Crippen LogP contribution is -2.26. The van der Waals surface area contributed by atoms with E-state index in [9.17, 15) is 14.7 Å². The van der Waals surface area contributed by atoms with Crippen molar-refractivity contribution in [2.45, 2.75) is 6.42 Å². The molecule has 1 atom stereocenters. The van der Waals surface area contributed by atoms with Gasteiger partial charge in [0, 0.05) is 5.57 Å². The molecule has 0 aliphatic heterocycles. The Morgan fingerprint density at radius 3 is 2.79 bits per heavy atom. The van der Waals surface area contributed by atoms with Gasteiger partial charge in [-0.1, -0.05) is 12.2 Å². The topological polar surface area (TPSA) is 74.6 Å². The van der Waals surface area contributed by atoms with Crippen LogP contribution in [0.25, 0.3) is 0 Å². The van der Waals surface area contributed by atoms with Crippen LogP contribution in [0.5, 0.6) is 0 Å². The third-order valence-electron chi connectivity index (χ3n) is 1.95. The lowest BCUT2D eigenvalue weighted by Gasteiger charge is -2.14. The standard InChI is InChI=1S/C10H10O4/c1-2-3-6-8(11)5-4-7(9(6)12)10(13)14/h2,4-5,7,11H,1,3H2,(H,13,14). The van der Waals surface area contributed by atoms with Gasteiger partial charge in [-0.25, -0.2) is 0 Å². The number of rotatable bonds is 3. The number of allylic oxidation sites excluding steroid dienone is 3. The number of ketones is 1. The van der Waals surface area contributed by atoms with Gasteiger partial charge in [-0.2, -0.15) is 0 Å². The molecule has 0 saturated heterocycles. The van der Waals surface area contributed by atoms with E-state index in [4.69, 9.17) is 5.11 Å². The van der Waals surface area contributed by atoms with Crippen LogP contribution >= 0.6 is 0 Å². The van der Waals surface area contributed by atoms with Gasteiger partial charge in [0.25, 0.3) is 0 Å². The Bertz CT molecular complexity index is 349. The molecule has 0 aromatic carbocycles. The van der Waals surface area contributed by atoms with Gasteiger partial charge >= 0.3 is 5.97 Å². The summed E-state index contributed by atoms with van der Waals surface area (Å²) < 4.78 is 0. The summed E-state index contributed by atoms with van der Waals surface area (Å²) in [5, 5.41) is 18.0. The van der Waals surface area contributed by atoms with E-state index in [0.29, 0.717) is 0 Å². The third kappa shape index (κ3) is 1.74. The summed E-state index contributed by atoms with van der Waals surface area (Å²) in [6, 6.07) is 0. The quantitative estimate of drug-likeness (QED) is 0.523. The molecular formula is C10H10O4. The molecule has 0 spiro atoms. The molecule has 0 fully saturated rings. The van der Waals surface area contributed by atoms with Crippen molar-refractivity contribution in [2.24, 2.45) is 5.92 Å². The zero-order valence-corrected chi connectivity index (χ0v) is 7.43. The SMILES string of the molecule is C=CCC1=C(O)C=CC(C(=O)O)C1=O. The van der Waals surface area contributed by atoms with E-state index in [-0.39, 0.29) is 17.8 Å². The summed E-state index contributed by atoms with van der Waals surface area (Å²) in [5.74, 6) is -3.13. The van der Waals surface area contributed by atoms with E-state index in [1.54, 1.807) is 0 Å². The fourth-order valence-corrected chi connectivity index (χ4v) is 1.23. The first-order valence-corrected chi connectivity index (χ1v) is 4.06. The van der Waals surface area contributed by atoms with Crippen LogP contribution < -0.4 is 0 Å². The lowest BCUT2D eigenvalue weighted by molar-refractivity contribution is -0.143. The van der Waals surface area contributed by atoms with Crippen LogP contribution in [0.4, 0.5) is 0 Å². The Morgan fingerprint density at radius 1 is 1.64 bits per heavy atom. The zero-order chi connectivity index (χ0) is 10.7. The second kappa shape index (κ2) is 3.91. The minimum Gasteiger partial charge on any atom is -0.508 e. The fraction of sp³-hybridized carbons (Fsp3) is 0.200. The van der Waals surface area contributed by atoms with Crippen molar-refractivity contribution in [3.63, 3.8) is 0 Å². The third-order valence-corrected chi connectivity index (χ3v) is 1.95. The number of hydrogen-bond donors (Lipinski definition) is 2. The largest absolute Gasteiger partial charge is 0.508 e. The summed E-state index contributed by atoms with van der Waals surface area (Å²) in [6.45, 7) is 3.42. The maximum Gasteiger partial charge on any atom is 0.318 e. The number of aliphatic hydroxyl groups is 1. The highest BCUT2D eigenvalue weighted by Crippen LogP contribution is 2.21. The maximum atomic E-state index is 11.5. The number of carboxylic acid groups (broad SMARTS) is 1. The van der Waals surface area contributed by atoms with Gasteiger partial charge in [0.15, 0.2) is 5.78 Å². The van der Waals surface area contributed by atoms with Crippen molar-refractivity contribution in [1.29, 1.82) is 0 Å². The Balaban J connectivity index is 3.02. The first-order valence-electron chi connectivity index (χ1n) is 4.06. The van der Waals surface area contributed by atoms with Crippen molar-refractivity contribution in [3.8, 4) is 0 Å². The molecule has 1 aliphatic carbocycles. The zero-order valence-electron chi connectivity index (χ0n) is 7.43. The molecule has 4 nitrogen and oxygen atoms in total. The van der Waals surface area contributed by atoms with Gasteiger partial charge in [-0.15, -0.1) is 6.58 Å². The van der Waals surface area contributed by atoms with Gasteiger partial charge in [-0.05, 0) is 12.5 Å². The summed E-state index contributed by atoms with van der Waals surface area (Å²) in [5.41, 5.74) is 0.106. The maximum absolute atomic E-state index is 11.5. The Hall–Kier alpha value is -1.84. The minimum absolute atomic E-state index is 0.106. The lowest BCUT2D eigenvalue weighted by atomic mass is 9.90. The van der Waals surface area contributed by atoms with E-state index in [1.165, 1.54) is 18.2 Å². The van der Waals surface area contributed by atoms with Gasteiger partial charge in [0.05, 0.1) is 0 Å². The van der Waals surface area contributed by atoms with Crippen molar-refractivity contribution in [1.82, 2.24) is 0 Å². The predicted molar refractivity (Wildman–Crippen MR) is 49.7 cm³/mol. The van der Waals surface area contributed by atoms with Crippen molar-refractivity contribution in [3.05, 3.63) is 36.1 Å². The number of hydrogen-bond acceptors (Lipinski definition) is 3. The Labute approximate surface area is 80.9 Å². The first kappa shape index (κ1) is 10.2. The number of carboxylic acids is 1. The number of Topliss-reactive ketones (excluding diaryl/α,β-unsaturated/α-hetero) is 1. The second-order valence-corrected chi connectivity index (χ2v) is 2.90. The van der Waals surface area contributed by atoms with Gasteiger partial charge in [0.2, 0.25) is 0 Å². The molecule has 0 heterocycles. The molecule has 1 aliphatic rings. The number of aliphatic hydroxyl groups excluding tert-OH is 1. The van der Waals surface area contributed by atoms with Crippen LogP contribution in [-0.4, -0.2) is 22.0 Å². The van der Waals surface area contributed by atoms with Crippen LogP contribution in [0.2, 0.25) is 0 Å². The highest BCUT2D eigenvalue weighted by atomic mass is 16.4. The summed E-state index contributed by atoms with van der Waals surface area (Å²) in [7, 11) is 0. The Morgan fingerprint density at radius 2 is 2.29 bits per heavy atom. The highest BCUT2D eigenvalue weighted by molar-refractivity contribution is 6.10. The molecule has 2 N–H and O–H groups in total. The molecule has 0 radical (unpaired) electrons. The van der Waals surface area contributed by atoms with E-state index >= 15 is 0 Å². The fourth-order valence-electron chi connectivity index (χ4n) is 1.23. The number of carbonyl (C=O) groups is 2. The molecule has 0 amide bonds. The van der Waals surface area contributed by atoms with Crippen LogP contribution in [0, 0.1) is 5.92 Å². The molecule has 4 heteroatoms. The van der Waals surface area contributed by atoms with Crippen molar-refractivity contribution in [2.75, 3.05) is 0 Å². The minimum atomic E-state index is -1.21. The van der Waals surface area contributed by atoms with E-state index < -0.39 is 17.7 Å². The molecule has 1 rings (SSSR count). The average molecular weight is 194 g/mol. The monoisotopic (exact) mass is 194 g/mol. The summed E-state index contributed by atoms with van der Waals surface area (Å²) in [4.78, 5) is 22.1. The van der Waals surface area contributed by atoms with Crippen LogP contribution in [-0.2, 0) is 9.59 Å². The molecule has 0 bridgehead atoms. The van der Waals surface area contributed by atoms with Crippen molar-refractivity contribution < 1.29 is 19.8 Å². The van der Waals surface area contributed by atoms with Crippen LogP contribution in [0.3, 0.4) is 0 Å². The van der Waals surface area contributed by atoms with Crippen LogP contribution in [0.15, 0.2) is 36.1 Å². The molecular weight excluding hydrogens is 184 g/mol. The van der Waals surface area contributed by atoms with Crippen LogP contribution in [0.1, 0.15) is 6.42 Å². The van der Waals surface area contributed by atoms with Gasteiger partial charge < -0.3 is 10.2 Å². The molecule has 74 valence electrons. The highest BCUT2D eigenvalue weighted by Gasteiger charge is 2.30. The summed E-state index contributed by atoms with van der Waals surface area (Å²) >= 11 is 0. The molecule has 1 unspecified atom stereocenters. The average Bonchev–Trinajstić information content (AvgIpc) is 2.11. The second-order valence-electron chi connectivity index (χ2n) is 2.90. The molecule has 0 aromatic rings. The predicted octanol–water partition coefficient (Wildman–Crippen LogP) is 1.21. The van der Waals surface area contributed by atoms with Gasteiger partial charge in [-0.3, -0.25) is 9.59 Å². The smallest absolute Gasteiger partial charge is 0.318 e. The molecule has 0 saturated carbocycles. The normalized spacial score (nSPS) is 21.1. The molecule has 14 heavy (non-hydrogen) atoms. The molecule has 0 aromatic heterocycles. The summed E-state index contributed by atoms with van der Waals surface area (Å²) in [6.07, 6.45) is 4.03. The van der Waals surface area contributed by atoms with E-state index in [2.05, 4.69) is 6.58 Å². The van der Waals surface area contributed by atoms with Gasteiger partial charge in [0.1, 0.15) is 11.7 Å². The first-order chi connectivity index (χ1) is 6.57. The van der Waals surface area contributed by atoms with Crippen molar-refractivity contribution >= 4 is 11.8 Å². The Kier molecular flexibility index (Phi) is 2.86. The number of carbonyl (C=O) groups excluding carboxylic acids is 1. The van der Waals surface area contributed by atoms with E-state index in [1.807, 2.05) is 0 Å². The van der Waals surface area contributed by atoms with E-state index in [0.717, 1.165) is 0 Å².